The van der Waals surface area contributed by atoms with Crippen LogP contribution in [-0.2, 0) is 6.54 Å². The summed E-state index contributed by atoms with van der Waals surface area (Å²) in [6.07, 6.45) is 0. The lowest BCUT2D eigenvalue weighted by Gasteiger charge is -2.01. The van der Waals surface area contributed by atoms with Crippen LogP contribution in [0.1, 0.15) is 5.89 Å². The first-order valence-corrected chi connectivity index (χ1v) is 6.22. The van der Waals surface area contributed by atoms with Gasteiger partial charge in [0.15, 0.2) is 0 Å². The Morgan fingerprint density at radius 2 is 2.06 bits per heavy atom. The maximum absolute atomic E-state index is 8.66. The molecule has 0 spiro atoms. The molecular formula is C11H13N3O2S. The van der Waals surface area contributed by atoms with Crippen LogP contribution in [0.15, 0.2) is 40.0 Å². The summed E-state index contributed by atoms with van der Waals surface area (Å²) >= 11 is 1.34. The van der Waals surface area contributed by atoms with Crippen molar-refractivity contribution in [1.29, 1.82) is 0 Å². The molecule has 2 rings (SSSR count). The first kappa shape index (κ1) is 11.9. The average Bonchev–Trinajstić information content (AvgIpc) is 2.83. The molecule has 0 aliphatic carbocycles. The molecule has 0 unspecified atom stereocenters. The van der Waals surface area contributed by atoms with E-state index >= 15 is 0 Å². The second-order valence-corrected chi connectivity index (χ2v) is 4.30. The van der Waals surface area contributed by atoms with Gasteiger partial charge in [0.05, 0.1) is 13.2 Å². The van der Waals surface area contributed by atoms with Crippen LogP contribution in [0.4, 0.5) is 5.69 Å². The molecular weight excluding hydrogens is 238 g/mol. The molecule has 1 heterocycles. The van der Waals surface area contributed by atoms with Crippen LogP contribution in [-0.4, -0.2) is 27.7 Å². The van der Waals surface area contributed by atoms with Crippen molar-refractivity contribution in [1.82, 2.24) is 10.2 Å². The summed E-state index contributed by atoms with van der Waals surface area (Å²) in [4.78, 5) is 0. The number of thioether (sulfide) groups is 1. The molecule has 2 aromatic rings. The molecule has 1 aromatic heterocycles. The lowest BCUT2D eigenvalue weighted by atomic mass is 10.3. The quantitative estimate of drug-likeness (QED) is 0.762. The van der Waals surface area contributed by atoms with Crippen LogP contribution in [0.25, 0.3) is 0 Å². The minimum Gasteiger partial charge on any atom is -0.414 e. The number of anilines is 1. The predicted molar refractivity (Wildman–Crippen MR) is 65.9 cm³/mol. The molecule has 0 aliphatic heterocycles. The first-order chi connectivity index (χ1) is 8.38. The average molecular weight is 251 g/mol. The van der Waals surface area contributed by atoms with Gasteiger partial charge in [0.25, 0.3) is 5.22 Å². The summed E-state index contributed by atoms with van der Waals surface area (Å²) in [7, 11) is 0. The van der Waals surface area contributed by atoms with Crippen LogP contribution in [0.2, 0.25) is 0 Å². The van der Waals surface area contributed by atoms with Gasteiger partial charge in [-0.3, -0.25) is 0 Å². The lowest BCUT2D eigenvalue weighted by Crippen LogP contribution is -1.99. The van der Waals surface area contributed by atoms with Gasteiger partial charge in [-0.2, -0.15) is 0 Å². The second-order valence-electron chi connectivity index (χ2n) is 3.25. The fraction of sp³-hybridized carbons (Fsp3) is 0.273. The van der Waals surface area contributed by atoms with E-state index in [2.05, 4.69) is 15.5 Å². The molecule has 0 fully saturated rings. The number of nitrogens with one attached hydrogen (secondary N) is 1. The van der Waals surface area contributed by atoms with Crippen molar-refractivity contribution in [2.45, 2.75) is 11.8 Å². The van der Waals surface area contributed by atoms with Crippen LogP contribution in [0, 0.1) is 0 Å². The van der Waals surface area contributed by atoms with Gasteiger partial charge < -0.3 is 14.8 Å². The summed E-state index contributed by atoms with van der Waals surface area (Å²) in [5.74, 6) is 1.10. The van der Waals surface area contributed by atoms with Crippen molar-refractivity contribution in [2.24, 2.45) is 0 Å². The van der Waals surface area contributed by atoms with Gasteiger partial charge in [-0.25, -0.2) is 0 Å². The fourth-order valence-corrected chi connectivity index (χ4v) is 1.75. The molecule has 6 heteroatoms. The maximum Gasteiger partial charge on any atom is 0.276 e. The largest absolute Gasteiger partial charge is 0.414 e. The van der Waals surface area contributed by atoms with E-state index < -0.39 is 0 Å². The summed E-state index contributed by atoms with van der Waals surface area (Å²) in [5, 5.41) is 20.1. The van der Waals surface area contributed by atoms with E-state index in [4.69, 9.17) is 9.52 Å². The molecule has 0 saturated heterocycles. The highest BCUT2D eigenvalue weighted by Gasteiger charge is 2.05. The van der Waals surface area contributed by atoms with Crippen molar-refractivity contribution in [3.63, 3.8) is 0 Å². The predicted octanol–water partition coefficient (Wildman–Crippen LogP) is 1.77. The second kappa shape index (κ2) is 6.27. The first-order valence-electron chi connectivity index (χ1n) is 5.23. The third kappa shape index (κ3) is 3.76. The topological polar surface area (TPSA) is 71.2 Å². The van der Waals surface area contributed by atoms with E-state index in [0.717, 1.165) is 5.69 Å². The number of hydrogen-bond donors (Lipinski definition) is 2. The van der Waals surface area contributed by atoms with Gasteiger partial charge in [-0.05, 0) is 12.1 Å². The minimum atomic E-state index is 0.102. The Bertz CT molecular complexity index is 447. The Morgan fingerprint density at radius 3 is 2.82 bits per heavy atom. The smallest absolute Gasteiger partial charge is 0.276 e. The summed E-state index contributed by atoms with van der Waals surface area (Å²) in [6, 6.07) is 9.81. The summed E-state index contributed by atoms with van der Waals surface area (Å²) < 4.78 is 5.37. The van der Waals surface area contributed by atoms with Crippen molar-refractivity contribution in [3.05, 3.63) is 36.2 Å². The van der Waals surface area contributed by atoms with E-state index in [0.29, 0.717) is 23.4 Å². The number of nitrogens with zero attached hydrogens (tertiary/aromatic N) is 2. The third-order valence-corrected chi connectivity index (χ3v) is 2.78. The van der Waals surface area contributed by atoms with Crippen LogP contribution in [0.5, 0.6) is 0 Å². The van der Waals surface area contributed by atoms with Crippen LogP contribution < -0.4 is 5.32 Å². The zero-order valence-corrected chi connectivity index (χ0v) is 9.98. The maximum atomic E-state index is 8.66. The monoisotopic (exact) mass is 251 g/mol. The molecule has 1 aromatic carbocycles. The van der Waals surface area contributed by atoms with Gasteiger partial charge in [-0.15, -0.1) is 10.2 Å². The molecule has 0 bridgehead atoms. The lowest BCUT2D eigenvalue weighted by molar-refractivity contribution is 0.321. The molecule has 0 radical (unpaired) electrons. The zero-order valence-electron chi connectivity index (χ0n) is 9.17. The van der Waals surface area contributed by atoms with E-state index in [9.17, 15) is 0 Å². The highest BCUT2D eigenvalue weighted by molar-refractivity contribution is 7.99. The standard InChI is InChI=1S/C11H13N3O2S/c15-6-7-17-11-14-13-10(16-11)8-12-9-4-2-1-3-5-9/h1-5,12,15H,6-8H2. The number of aromatic nitrogens is 2. The van der Waals surface area contributed by atoms with Gasteiger partial charge in [0.1, 0.15) is 0 Å². The number of aliphatic hydroxyl groups is 1. The highest BCUT2D eigenvalue weighted by atomic mass is 32.2. The van der Waals surface area contributed by atoms with E-state index in [1.54, 1.807) is 0 Å². The van der Waals surface area contributed by atoms with Crippen molar-refractivity contribution in [2.75, 3.05) is 17.7 Å². The molecule has 5 nitrogen and oxygen atoms in total. The van der Waals surface area contributed by atoms with Crippen molar-refractivity contribution >= 4 is 17.4 Å². The Hall–Kier alpha value is -1.53. The van der Waals surface area contributed by atoms with Crippen molar-refractivity contribution < 1.29 is 9.52 Å². The molecule has 17 heavy (non-hydrogen) atoms. The summed E-state index contributed by atoms with van der Waals surface area (Å²) in [6.45, 7) is 0.599. The number of benzene rings is 1. The van der Waals surface area contributed by atoms with Gasteiger partial charge in [0, 0.05) is 11.4 Å². The number of rotatable bonds is 6. The molecule has 0 aliphatic rings. The molecule has 90 valence electrons. The Kier molecular flexibility index (Phi) is 4.40. The Labute approximate surface area is 103 Å². The minimum absolute atomic E-state index is 0.102. The third-order valence-electron chi connectivity index (χ3n) is 1.98. The van der Waals surface area contributed by atoms with Crippen molar-refractivity contribution in [3.8, 4) is 0 Å². The molecule has 0 saturated carbocycles. The normalized spacial score (nSPS) is 10.4. The van der Waals surface area contributed by atoms with Gasteiger partial charge in [-0.1, -0.05) is 30.0 Å². The zero-order chi connectivity index (χ0) is 11.9. The highest BCUT2D eigenvalue weighted by Crippen LogP contribution is 2.16. The molecule has 0 atom stereocenters. The molecule has 2 N–H and O–H groups in total. The van der Waals surface area contributed by atoms with E-state index in [1.807, 2.05) is 30.3 Å². The Balaban J connectivity index is 1.85. The number of para-hydroxylation sites is 1. The summed E-state index contributed by atoms with van der Waals surface area (Å²) in [5.41, 5.74) is 1.01. The van der Waals surface area contributed by atoms with Crippen LogP contribution >= 0.6 is 11.8 Å². The number of hydrogen-bond acceptors (Lipinski definition) is 6. The van der Waals surface area contributed by atoms with Gasteiger partial charge >= 0.3 is 0 Å². The fourth-order valence-electron chi connectivity index (χ4n) is 1.23. The Morgan fingerprint density at radius 1 is 1.24 bits per heavy atom. The van der Waals surface area contributed by atoms with Gasteiger partial charge in [0.2, 0.25) is 5.89 Å². The van der Waals surface area contributed by atoms with E-state index in [1.165, 1.54) is 11.8 Å². The van der Waals surface area contributed by atoms with Crippen LogP contribution in [0.3, 0.4) is 0 Å². The number of aliphatic hydroxyl groups excluding tert-OH is 1. The molecule has 0 amide bonds. The van der Waals surface area contributed by atoms with E-state index in [-0.39, 0.29) is 6.61 Å². The SMILES string of the molecule is OCCSc1nnc(CNc2ccccc2)o1.